The van der Waals surface area contributed by atoms with E-state index in [2.05, 4.69) is 55.0 Å². The summed E-state index contributed by atoms with van der Waals surface area (Å²) < 4.78 is 5.70. The molecule has 0 saturated carbocycles. The second-order valence-corrected chi connectivity index (χ2v) is 8.86. The first-order valence-electron chi connectivity index (χ1n) is 10.5. The predicted octanol–water partition coefficient (Wildman–Crippen LogP) is 6.94. The molecule has 4 rings (SSSR count). The SMILES string of the molecule is C#CCOc1ccc2c(c1)C(c1ccc(C(C)C)cc1)=NCN2Cc1ccc(Cl)c(Cl)c1. The molecule has 0 aliphatic carbocycles. The number of ether oxygens (including phenoxy) is 1. The third-order valence-corrected chi connectivity index (χ3v) is 6.23. The molecule has 0 N–H and O–H groups in total. The van der Waals surface area contributed by atoms with Crippen LogP contribution in [0.25, 0.3) is 0 Å². The van der Waals surface area contributed by atoms with Crippen LogP contribution in [0.2, 0.25) is 10.0 Å². The molecule has 3 aromatic rings. The Kier molecular flexibility index (Phi) is 6.74. The zero-order chi connectivity index (χ0) is 22.7. The molecule has 32 heavy (non-hydrogen) atoms. The van der Waals surface area contributed by atoms with Crippen molar-refractivity contribution < 1.29 is 4.74 Å². The molecule has 0 fully saturated rings. The van der Waals surface area contributed by atoms with E-state index in [9.17, 15) is 0 Å². The van der Waals surface area contributed by atoms with Gasteiger partial charge < -0.3 is 9.64 Å². The largest absolute Gasteiger partial charge is 0.481 e. The van der Waals surface area contributed by atoms with Crippen molar-refractivity contribution in [2.24, 2.45) is 4.99 Å². The number of rotatable bonds is 6. The van der Waals surface area contributed by atoms with Crippen molar-refractivity contribution in [3.05, 3.63) is 93.0 Å². The number of hydrogen-bond acceptors (Lipinski definition) is 3. The van der Waals surface area contributed by atoms with E-state index in [1.807, 2.05) is 30.3 Å². The van der Waals surface area contributed by atoms with Gasteiger partial charge >= 0.3 is 0 Å². The van der Waals surface area contributed by atoms with Gasteiger partial charge in [-0.2, -0.15) is 0 Å². The van der Waals surface area contributed by atoms with Crippen LogP contribution in [0.15, 0.2) is 65.7 Å². The van der Waals surface area contributed by atoms with Gasteiger partial charge in [0.25, 0.3) is 0 Å². The van der Waals surface area contributed by atoms with E-state index >= 15 is 0 Å². The second-order valence-electron chi connectivity index (χ2n) is 8.04. The summed E-state index contributed by atoms with van der Waals surface area (Å²) in [5.41, 5.74) is 6.51. The van der Waals surface area contributed by atoms with Crippen LogP contribution >= 0.6 is 23.2 Å². The third-order valence-electron chi connectivity index (χ3n) is 5.49. The lowest BCUT2D eigenvalue weighted by atomic mass is 9.95. The fourth-order valence-electron chi connectivity index (χ4n) is 3.78. The smallest absolute Gasteiger partial charge is 0.148 e. The Hall–Kier alpha value is -2.93. The maximum Gasteiger partial charge on any atom is 0.148 e. The minimum atomic E-state index is 0.224. The van der Waals surface area contributed by atoms with Crippen LogP contribution in [0, 0.1) is 12.3 Å². The molecule has 0 saturated heterocycles. The minimum absolute atomic E-state index is 0.224. The lowest BCUT2D eigenvalue weighted by Gasteiger charge is -2.31. The summed E-state index contributed by atoms with van der Waals surface area (Å²) in [6.07, 6.45) is 5.37. The van der Waals surface area contributed by atoms with Gasteiger partial charge in [0.15, 0.2) is 0 Å². The zero-order valence-electron chi connectivity index (χ0n) is 18.1. The Morgan fingerprint density at radius 3 is 2.50 bits per heavy atom. The summed E-state index contributed by atoms with van der Waals surface area (Å²) in [6.45, 7) is 5.81. The molecule has 0 amide bonds. The predicted molar refractivity (Wildman–Crippen MR) is 134 cm³/mol. The highest BCUT2D eigenvalue weighted by Gasteiger charge is 2.22. The van der Waals surface area contributed by atoms with Crippen molar-refractivity contribution in [2.75, 3.05) is 18.2 Å². The van der Waals surface area contributed by atoms with Gasteiger partial charge in [-0.15, -0.1) is 6.42 Å². The lowest BCUT2D eigenvalue weighted by molar-refractivity contribution is 0.370. The third kappa shape index (κ3) is 4.78. The molecule has 5 heteroatoms. The summed E-state index contributed by atoms with van der Waals surface area (Å²) >= 11 is 12.3. The van der Waals surface area contributed by atoms with Gasteiger partial charge in [0.1, 0.15) is 19.0 Å². The van der Waals surface area contributed by atoms with Gasteiger partial charge in [-0.3, -0.25) is 4.99 Å². The molecule has 0 spiro atoms. The fraction of sp³-hybridized carbons (Fsp3) is 0.222. The number of benzene rings is 3. The monoisotopic (exact) mass is 462 g/mol. The van der Waals surface area contributed by atoms with Crippen LogP contribution in [0.4, 0.5) is 5.69 Å². The highest BCUT2D eigenvalue weighted by atomic mass is 35.5. The standard InChI is InChI=1S/C27H24Cl2N2O/c1-4-13-32-22-10-12-26-23(15-22)27(21-8-6-20(7-9-21)18(2)3)30-17-31(26)16-19-5-11-24(28)25(29)14-19/h1,5-12,14-15,18H,13,16-17H2,2-3H3. The maximum atomic E-state index is 6.23. The van der Waals surface area contributed by atoms with E-state index in [-0.39, 0.29) is 6.61 Å². The van der Waals surface area contributed by atoms with Crippen LogP contribution in [-0.2, 0) is 6.54 Å². The van der Waals surface area contributed by atoms with E-state index in [0.29, 0.717) is 29.2 Å². The molecule has 0 unspecified atom stereocenters. The van der Waals surface area contributed by atoms with Crippen molar-refractivity contribution in [3.63, 3.8) is 0 Å². The van der Waals surface area contributed by atoms with Crippen molar-refractivity contribution in [2.45, 2.75) is 26.3 Å². The average molecular weight is 463 g/mol. The van der Waals surface area contributed by atoms with Crippen LogP contribution in [0.1, 0.15) is 42.0 Å². The first kappa shape index (κ1) is 22.3. The number of terminal acetylenes is 1. The number of anilines is 1. The zero-order valence-corrected chi connectivity index (χ0v) is 19.6. The molecule has 0 aromatic heterocycles. The Morgan fingerprint density at radius 1 is 1.03 bits per heavy atom. The molecule has 0 bridgehead atoms. The molecule has 0 radical (unpaired) electrons. The molecule has 1 aliphatic heterocycles. The van der Waals surface area contributed by atoms with Crippen molar-refractivity contribution in [3.8, 4) is 18.1 Å². The van der Waals surface area contributed by atoms with Gasteiger partial charge in [-0.1, -0.05) is 73.3 Å². The van der Waals surface area contributed by atoms with Crippen LogP contribution < -0.4 is 9.64 Å². The Bertz CT molecular complexity index is 1190. The molecule has 0 atom stereocenters. The molecule has 162 valence electrons. The number of halogens is 2. The van der Waals surface area contributed by atoms with Crippen LogP contribution in [0.5, 0.6) is 5.75 Å². The van der Waals surface area contributed by atoms with Gasteiger partial charge in [0.05, 0.1) is 15.8 Å². The summed E-state index contributed by atoms with van der Waals surface area (Å²) in [4.78, 5) is 7.16. The van der Waals surface area contributed by atoms with Gasteiger partial charge in [0.2, 0.25) is 0 Å². The van der Waals surface area contributed by atoms with Crippen LogP contribution in [-0.4, -0.2) is 19.0 Å². The van der Waals surface area contributed by atoms with E-state index < -0.39 is 0 Å². The van der Waals surface area contributed by atoms with E-state index in [1.54, 1.807) is 0 Å². The van der Waals surface area contributed by atoms with Crippen molar-refractivity contribution >= 4 is 34.6 Å². The molecule has 1 heterocycles. The van der Waals surface area contributed by atoms with E-state index in [1.165, 1.54) is 5.56 Å². The Labute approximate surface area is 199 Å². The molecular weight excluding hydrogens is 439 g/mol. The first-order valence-corrected chi connectivity index (χ1v) is 11.3. The fourth-order valence-corrected chi connectivity index (χ4v) is 4.10. The second kappa shape index (κ2) is 9.69. The quantitative estimate of drug-likeness (QED) is 0.370. The summed E-state index contributed by atoms with van der Waals surface area (Å²) in [6, 6.07) is 20.4. The van der Waals surface area contributed by atoms with Gasteiger partial charge in [-0.05, 0) is 47.4 Å². The van der Waals surface area contributed by atoms with Crippen molar-refractivity contribution in [1.29, 1.82) is 0 Å². The number of fused-ring (bicyclic) bond motifs is 1. The highest BCUT2D eigenvalue weighted by Crippen LogP contribution is 2.33. The summed E-state index contributed by atoms with van der Waals surface area (Å²) in [7, 11) is 0. The number of nitrogens with zero attached hydrogens (tertiary/aromatic N) is 2. The average Bonchev–Trinajstić information content (AvgIpc) is 2.80. The topological polar surface area (TPSA) is 24.8 Å². The van der Waals surface area contributed by atoms with Gasteiger partial charge in [0, 0.05) is 23.4 Å². The van der Waals surface area contributed by atoms with E-state index in [4.69, 9.17) is 39.4 Å². The minimum Gasteiger partial charge on any atom is -0.481 e. The summed E-state index contributed by atoms with van der Waals surface area (Å²) in [5.74, 6) is 3.73. The summed E-state index contributed by atoms with van der Waals surface area (Å²) in [5, 5.41) is 1.10. The Morgan fingerprint density at radius 2 is 1.81 bits per heavy atom. The maximum absolute atomic E-state index is 6.23. The number of hydrogen-bond donors (Lipinski definition) is 0. The van der Waals surface area contributed by atoms with Gasteiger partial charge in [-0.25, -0.2) is 0 Å². The molecule has 1 aliphatic rings. The highest BCUT2D eigenvalue weighted by molar-refractivity contribution is 6.42. The Balaban J connectivity index is 1.71. The van der Waals surface area contributed by atoms with Crippen molar-refractivity contribution in [1.82, 2.24) is 0 Å². The molecular formula is C27H24Cl2N2O. The lowest BCUT2D eigenvalue weighted by Crippen LogP contribution is -2.29. The number of aliphatic imine (C=N–C) groups is 1. The first-order chi connectivity index (χ1) is 15.5. The van der Waals surface area contributed by atoms with E-state index in [0.717, 1.165) is 33.8 Å². The molecule has 3 aromatic carbocycles. The van der Waals surface area contributed by atoms with Crippen LogP contribution in [0.3, 0.4) is 0 Å². The molecule has 3 nitrogen and oxygen atoms in total. The normalized spacial score (nSPS) is 12.9.